The molecule has 0 bridgehead atoms. The summed E-state index contributed by atoms with van der Waals surface area (Å²) in [6.07, 6.45) is 8.81. The third kappa shape index (κ3) is 3.85. The van der Waals surface area contributed by atoms with Gasteiger partial charge in [0.2, 0.25) is 0 Å². The van der Waals surface area contributed by atoms with E-state index in [1.165, 1.54) is 23.0 Å². The predicted molar refractivity (Wildman–Crippen MR) is 120 cm³/mol. The van der Waals surface area contributed by atoms with Crippen molar-refractivity contribution in [3.05, 3.63) is 74.9 Å². The van der Waals surface area contributed by atoms with Crippen LogP contribution in [-0.4, -0.2) is 10.5 Å². The van der Waals surface area contributed by atoms with Gasteiger partial charge in [0.05, 0.1) is 22.1 Å². The highest BCUT2D eigenvalue weighted by molar-refractivity contribution is 7.16. The molecular weight excluding hydrogens is 396 g/mol. The molecule has 150 valence electrons. The van der Waals surface area contributed by atoms with Crippen molar-refractivity contribution in [3.63, 3.8) is 0 Å². The number of para-hydroxylation sites is 1. The van der Waals surface area contributed by atoms with Gasteiger partial charge in [0.15, 0.2) is 16.0 Å². The number of hydrogen-bond acceptors (Lipinski definition) is 4. The maximum atomic E-state index is 12.8. The molecule has 0 saturated heterocycles. The van der Waals surface area contributed by atoms with Crippen LogP contribution in [-0.2, 0) is 13.0 Å². The van der Waals surface area contributed by atoms with Crippen LogP contribution < -0.4 is 10.2 Å². The summed E-state index contributed by atoms with van der Waals surface area (Å²) in [7, 11) is 0. The molecule has 2 heterocycles. The number of unbranched alkanes of at least 4 members (excludes halogenated alkanes) is 1. The maximum absolute atomic E-state index is 12.8. The first-order chi connectivity index (χ1) is 14.6. The van der Waals surface area contributed by atoms with E-state index in [1.54, 1.807) is 24.3 Å². The van der Waals surface area contributed by atoms with Gasteiger partial charge in [-0.2, -0.15) is 4.99 Å². The number of rotatable bonds is 5. The monoisotopic (exact) mass is 416 g/mol. The summed E-state index contributed by atoms with van der Waals surface area (Å²) in [4.78, 5) is 29.8. The van der Waals surface area contributed by atoms with Crippen molar-refractivity contribution in [2.75, 3.05) is 0 Å². The zero-order valence-electron chi connectivity index (χ0n) is 16.6. The minimum atomic E-state index is -0.610. The largest absolute Gasteiger partial charge is 0.451 e. The molecule has 0 N–H and O–H groups in total. The van der Waals surface area contributed by atoms with E-state index >= 15 is 0 Å². The van der Waals surface area contributed by atoms with Crippen LogP contribution in [0.25, 0.3) is 21.2 Å². The number of benzene rings is 2. The van der Waals surface area contributed by atoms with Crippen LogP contribution >= 0.6 is 11.3 Å². The van der Waals surface area contributed by atoms with Gasteiger partial charge in [-0.25, -0.2) is 0 Å². The van der Waals surface area contributed by atoms with Gasteiger partial charge >= 0.3 is 5.91 Å². The maximum Gasteiger partial charge on any atom is 0.315 e. The highest BCUT2D eigenvalue weighted by atomic mass is 32.1. The van der Waals surface area contributed by atoms with Gasteiger partial charge in [-0.3, -0.25) is 9.59 Å². The van der Waals surface area contributed by atoms with Gasteiger partial charge in [-0.1, -0.05) is 48.8 Å². The molecule has 0 spiro atoms. The number of terminal acetylenes is 1. The molecule has 0 unspecified atom stereocenters. The van der Waals surface area contributed by atoms with Crippen molar-refractivity contribution in [1.29, 1.82) is 0 Å². The molecule has 5 nitrogen and oxygen atoms in total. The lowest BCUT2D eigenvalue weighted by Gasteiger charge is -2.02. The Kier molecular flexibility index (Phi) is 5.64. The number of carbonyl (C=O) groups excluding carboxylic acids is 1. The lowest BCUT2D eigenvalue weighted by atomic mass is 10.1. The van der Waals surface area contributed by atoms with Gasteiger partial charge in [0.25, 0.3) is 0 Å². The number of nitrogens with zero attached hydrogens (tertiary/aromatic N) is 2. The summed E-state index contributed by atoms with van der Waals surface area (Å²) in [6, 6.07) is 14.2. The second-order valence-electron chi connectivity index (χ2n) is 6.97. The Hall–Kier alpha value is -3.43. The Labute approximate surface area is 177 Å². The molecule has 1 amide bonds. The molecule has 4 aromatic rings. The third-order valence-corrected chi connectivity index (χ3v) is 5.90. The number of aryl methyl sites for hydroxylation is 1. The summed E-state index contributed by atoms with van der Waals surface area (Å²) >= 11 is 1.40. The van der Waals surface area contributed by atoms with Crippen LogP contribution in [0.2, 0.25) is 0 Å². The Bertz CT molecular complexity index is 1420. The molecule has 0 fully saturated rings. The molecule has 2 aromatic heterocycles. The standard InChI is InChI=1S/C24H20N2O3S/c1-3-5-8-16-11-12-18-22(14-16)30-24(26(18)13-4-2)25-23(28)21-15-19(27)17-9-6-7-10-20(17)29-21/h2,6-7,9-12,14-15H,3,5,8,13H2,1H3. The van der Waals surface area contributed by atoms with E-state index in [-0.39, 0.29) is 11.2 Å². The van der Waals surface area contributed by atoms with Crippen molar-refractivity contribution < 1.29 is 9.21 Å². The average Bonchev–Trinajstić information content (AvgIpc) is 3.08. The van der Waals surface area contributed by atoms with Crippen LogP contribution in [0.3, 0.4) is 0 Å². The summed E-state index contributed by atoms with van der Waals surface area (Å²) in [5, 5.41) is 0.429. The Balaban J connectivity index is 1.81. The predicted octanol–water partition coefficient (Wildman–Crippen LogP) is 4.53. The fourth-order valence-corrected chi connectivity index (χ4v) is 4.43. The fraction of sp³-hybridized carbons (Fsp3) is 0.208. The number of hydrogen-bond donors (Lipinski definition) is 0. The first-order valence-corrected chi connectivity index (χ1v) is 10.6. The van der Waals surface area contributed by atoms with Crippen molar-refractivity contribution >= 4 is 38.4 Å². The normalized spacial score (nSPS) is 11.8. The molecule has 0 aliphatic heterocycles. The lowest BCUT2D eigenvalue weighted by molar-refractivity contribution is 0.0972. The van der Waals surface area contributed by atoms with Crippen LogP contribution in [0.1, 0.15) is 35.9 Å². The van der Waals surface area contributed by atoms with E-state index in [0.717, 1.165) is 29.5 Å². The minimum Gasteiger partial charge on any atom is -0.451 e. The number of carbonyl (C=O) groups is 1. The van der Waals surface area contributed by atoms with E-state index in [4.69, 9.17) is 10.8 Å². The number of fused-ring (bicyclic) bond motifs is 2. The average molecular weight is 417 g/mol. The second-order valence-corrected chi connectivity index (χ2v) is 7.98. The molecule has 2 aromatic carbocycles. The lowest BCUT2D eigenvalue weighted by Crippen LogP contribution is -2.17. The van der Waals surface area contributed by atoms with Crippen LogP contribution in [0.15, 0.2) is 62.7 Å². The second kappa shape index (κ2) is 8.52. The van der Waals surface area contributed by atoms with E-state index < -0.39 is 5.91 Å². The number of thiazole rings is 1. The fourth-order valence-electron chi connectivity index (χ4n) is 3.33. The van der Waals surface area contributed by atoms with Crippen molar-refractivity contribution in [2.45, 2.75) is 32.7 Å². The molecule has 6 heteroatoms. The van der Waals surface area contributed by atoms with Crippen molar-refractivity contribution in [1.82, 2.24) is 4.57 Å². The summed E-state index contributed by atoms with van der Waals surface area (Å²) in [5.41, 5.74) is 2.27. The zero-order valence-corrected chi connectivity index (χ0v) is 17.4. The molecule has 0 saturated carbocycles. The molecule has 4 rings (SSSR count). The quantitative estimate of drug-likeness (QED) is 0.449. The highest BCUT2D eigenvalue weighted by Gasteiger charge is 2.13. The van der Waals surface area contributed by atoms with Gasteiger partial charge in [0, 0.05) is 6.07 Å². The van der Waals surface area contributed by atoms with Gasteiger partial charge in [0.1, 0.15) is 5.58 Å². The first kappa shape index (κ1) is 19.9. The first-order valence-electron chi connectivity index (χ1n) is 9.78. The minimum absolute atomic E-state index is 0.0907. The zero-order chi connectivity index (χ0) is 21.1. The van der Waals surface area contributed by atoms with Gasteiger partial charge in [-0.05, 0) is 42.7 Å². The van der Waals surface area contributed by atoms with Gasteiger partial charge < -0.3 is 8.98 Å². The third-order valence-electron chi connectivity index (χ3n) is 4.86. The molecular formula is C24H20N2O3S. The van der Waals surface area contributed by atoms with E-state index in [2.05, 4.69) is 30.0 Å². The van der Waals surface area contributed by atoms with E-state index in [0.29, 0.717) is 22.3 Å². The van der Waals surface area contributed by atoms with Crippen LogP contribution in [0, 0.1) is 12.3 Å². The Morgan fingerprint density at radius 3 is 2.87 bits per heavy atom. The van der Waals surface area contributed by atoms with Crippen LogP contribution in [0.5, 0.6) is 0 Å². The highest BCUT2D eigenvalue weighted by Crippen LogP contribution is 2.21. The van der Waals surface area contributed by atoms with Crippen molar-refractivity contribution in [3.8, 4) is 12.3 Å². The Morgan fingerprint density at radius 2 is 2.07 bits per heavy atom. The molecule has 0 atom stereocenters. The molecule has 0 radical (unpaired) electrons. The van der Waals surface area contributed by atoms with Gasteiger partial charge in [-0.15, -0.1) is 6.42 Å². The molecule has 0 aliphatic rings. The number of aromatic nitrogens is 1. The van der Waals surface area contributed by atoms with E-state index in [9.17, 15) is 9.59 Å². The molecule has 30 heavy (non-hydrogen) atoms. The SMILES string of the molecule is C#CCn1c(=NC(=O)c2cc(=O)c3ccccc3o2)sc2cc(CCCC)ccc21. The summed E-state index contributed by atoms with van der Waals surface area (Å²) < 4.78 is 8.48. The van der Waals surface area contributed by atoms with Crippen LogP contribution in [0.4, 0.5) is 0 Å². The summed E-state index contributed by atoms with van der Waals surface area (Å²) in [6.45, 7) is 2.46. The summed E-state index contributed by atoms with van der Waals surface area (Å²) in [5.74, 6) is 1.92. The topological polar surface area (TPSA) is 64.6 Å². The smallest absolute Gasteiger partial charge is 0.315 e. The molecule has 0 aliphatic carbocycles. The Morgan fingerprint density at radius 1 is 1.23 bits per heavy atom. The van der Waals surface area contributed by atoms with Crippen molar-refractivity contribution in [2.24, 2.45) is 4.99 Å². The number of amides is 1. The van der Waals surface area contributed by atoms with E-state index in [1.807, 2.05) is 10.6 Å².